The fraction of sp³-hybridized carbons (Fsp3) is 0.800. The number of nitrogens with two attached hydrogens (primary N) is 1. The number of nitrogens with zero attached hydrogens (tertiary/aromatic N) is 2. The monoisotopic (exact) mass is 213 g/mol. The second kappa shape index (κ2) is 4.72. The third-order valence-electron chi connectivity index (χ3n) is 2.41. The maximum absolute atomic E-state index is 5.87. The van der Waals surface area contributed by atoms with Crippen LogP contribution in [0, 0.1) is 0 Å². The topological polar surface area (TPSA) is 74.2 Å². The zero-order valence-corrected chi connectivity index (χ0v) is 9.78. The quantitative estimate of drug-likeness (QED) is 0.806. The molecule has 1 heterocycles. The Hall–Kier alpha value is -0.940. The molecule has 1 aromatic rings. The van der Waals surface area contributed by atoms with Gasteiger partial charge in [-0.05, 0) is 20.3 Å². The van der Waals surface area contributed by atoms with Gasteiger partial charge in [-0.2, -0.15) is 4.98 Å². The third-order valence-corrected chi connectivity index (χ3v) is 2.41. The van der Waals surface area contributed by atoms with Crippen LogP contribution in [0.5, 0.6) is 0 Å². The van der Waals surface area contributed by atoms with E-state index in [0.29, 0.717) is 11.7 Å². The number of hydrogen-bond donors (Lipinski definition) is 1. The van der Waals surface area contributed by atoms with Crippen LogP contribution < -0.4 is 5.73 Å². The van der Waals surface area contributed by atoms with Crippen LogP contribution in [0.15, 0.2) is 4.52 Å². The summed E-state index contributed by atoms with van der Waals surface area (Å²) in [6, 6.07) is -0.177. The van der Waals surface area contributed by atoms with Crippen molar-refractivity contribution in [3.05, 3.63) is 11.7 Å². The largest absolute Gasteiger partial charge is 0.371 e. The van der Waals surface area contributed by atoms with E-state index in [2.05, 4.69) is 17.1 Å². The van der Waals surface area contributed by atoms with Crippen molar-refractivity contribution < 1.29 is 9.26 Å². The van der Waals surface area contributed by atoms with Gasteiger partial charge < -0.3 is 15.0 Å². The summed E-state index contributed by atoms with van der Waals surface area (Å²) in [6.45, 7) is 5.83. The van der Waals surface area contributed by atoms with Gasteiger partial charge >= 0.3 is 0 Å². The molecule has 5 heteroatoms. The molecular weight excluding hydrogens is 194 g/mol. The molecule has 2 N–H and O–H groups in total. The van der Waals surface area contributed by atoms with Crippen LogP contribution >= 0.6 is 0 Å². The van der Waals surface area contributed by atoms with E-state index in [1.807, 2.05) is 13.8 Å². The van der Waals surface area contributed by atoms with E-state index in [4.69, 9.17) is 15.0 Å². The fourth-order valence-corrected chi connectivity index (χ4v) is 1.16. The molecule has 0 unspecified atom stereocenters. The zero-order valence-electron chi connectivity index (χ0n) is 9.78. The molecule has 0 aliphatic carbocycles. The SMILES string of the molecule is CCC[C@@H](N)c1nc(C(C)(C)OC)no1. The first-order valence-electron chi connectivity index (χ1n) is 5.16. The van der Waals surface area contributed by atoms with Crippen LogP contribution in [-0.4, -0.2) is 17.3 Å². The van der Waals surface area contributed by atoms with Crippen molar-refractivity contribution in [3.8, 4) is 0 Å². The summed E-state index contributed by atoms with van der Waals surface area (Å²) in [6.07, 6.45) is 1.83. The second-order valence-electron chi connectivity index (χ2n) is 4.07. The number of rotatable bonds is 5. The Bertz CT molecular complexity index is 309. The molecule has 0 aliphatic heterocycles. The van der Waals surface area contributed by atoms with Crippen LogP contribution in [0.25, 0.3) is 0 Å². The van der Waals surface area contributed by atoms with Crippen molar-refractivity contribution in [2.45, 2.75) is 45.3 Å². The van der Waals surface area contributed by atoms with Gasteiger partial charge in [0.1, 0.15) is 5.60 Å². The van der Waals surface area contributed by atoms with Gasteiger partial charge in [-0.25, -0.2) is 0 Å². The van der Waals surface area contributed by atoms with E-state index in [1.165, 1.54) is 0 Å². The number of aromatic nitrogens is 2. The smallest absolute Gasteiger partial charge is 0.243 e. The molecule has 86 valence electrons. The maximum Gasteiger partial charge on any atom is 0.243 e. The summed E-state index contributed by atoms with van der Waals surface area (Å²) in [4.78, 5) is 4.24. The molecule has 0 bridgehead atoms. The van der Waals surface area contributed by atoms with Gasteiger partial charge in [0.25, 0.3) is 0 Å². The van der Waals surface area contributed by atoms with E-state index < -0.39 is 5.60 Å². The molecule has 0 saturated heterocycles. The van der Waals surface area contributed by atoms with Crippen LogP contribution in [0.2, 0.25) is 0 Å². The number of methoxy groups -OCH3 is 1. The Labute approximate surface area is 90.0 Å². The summed E-state index contributed by atoms with van der Waals surface area (Å²) in [5.74, 6) is 1.02. The van der Waals surface area contributed by atoms with Crippen molar-refractivity contribution in [1.82, 2.24) is 10.1 Å². The average Bonchev–Trinajstić information content (AvgIpc) is 2.67. The summed E-state index contributed by atoms with van der Waals surface area (Å²) >= 11 is 0. The van der Waals surface area contributed by atoms with Gasteiger partial charge in [-0.3, -0.25) is 0 Å². The number of ether oxygens (including phenoxy) is 1. The lowest BCUT2D eigenvalue weighted by Crippen LogP contribution is -2.21. The normalized spacial score (nSPS) is 14.2. The highest BCUT2D eigenvalue weighted by Crippen LogP contribution is 2.22. The highest BCUT2D eigenvalue weighted by atomic mass is 16.5. The van der Waals surface area contributed by atoms with Crippen LogP contribution in [0.1, 0.15) is 51.4 Å². The summed E-state index contributed by atoms with van der Waals surface area (Å²) in [5.41, 5.74) is 5.33. The van der Waals surface area contributed by atoms with Crippen molar-refractivity contribution in [1.29, 1.82) is 0 Å². The van der Waals surface area contributed by atoms with E-state index in [1.54, 1.807) is 7.11 Å². The molecule has 0 aromatic carbocycles. The van der Waals surface area contributed by atoms with Crippen LogP contribution in [0.4, 0.5) is 0 Å². The Balaban J connectivity index is 2.80. The molecule has 0 radical (unpaired) electrons. The van der Waals surface area contributed by atoms with Crippen LogP contribution in [0.3, 0.4) is 0 Å². The second-order valence-corrected chi connectivity index (χ2v) is 4.07. The molecule has 0 amide bonds. The van der Waals surface area contributed by atoms with Gasteiger partial charge in [-0.15, -0.1) is 0 Å². The van der Waals surface area contributed by atoms with Crippen molar-refractivity contribution in [2.75, 3.05) is 7.11 Å². The highest BCUT2D eigenvalue weighted by molar-refractivity contribution is 4.99. The first kappa shape index (κ1) is 12.1. The minimum atomic E-state index is -0.534. The van der Waals surface area contributed by atoms with Crippen LogP contribution in [-0.2, 0) is 10.3 Å². The lowest BCUT2D eigenvalue weighted by Gasteiger charge is -2.17. The van der Waals surface area contributed by atoms with Gasteiger partial charge in [0.15, 0.2) is 0 Å². The van der Waals surface area contributed by atoms with Gasteiger partial charge in [0.05, 0.1) is 6.04 Å². The van der Waals surface area contributed by atoms with E-state index in [0.717, 1.165) is 12.8 Å². The zero-order chi connectivity index (χ0) is 11.5. The Kier molecular flexibility index (Phi) is 3.82. The lowest BCUT2D eigenvalue weighted by atomic mass is 10.1. The predicted octanol–water partition coefficient (Wildman–Crippen LogP) is 1.75. The van der Waals surface area contributed by atoms with E-state index in [-0.39, 0.29) is 6.04 Å². The first-order chi connectivity index (χ1) is 7.01. The molecule has 5 nitrogen and oxygen atoms in total. The summed E-state index contributed by atoms with van der Waals surface area (Å²) in [5, 5.41) is 3.87. The molecule has 1 atom stereocenters. The average molecular weight is 213 g/mol. The fourth-order valence-electron chi connectivity index (χ4n) is 1.16. The predicted molar refractivity (Wildman–Crippen MR) is 56.2 cm³/mol. The molecular formula is C10H19N3O2. The standard InChI is InChI=1S/C10H19N3O2/c1-5-6-7(11)8-12-9(13-15-8)10(2,3)14-4/h7H,5-6,11H2,1-4H3/t7-/m1/s1. The van der Waals surface area contributed by atoms with E-state index in [9.17, 15) is 0 Å². The molecule has 1 aromatic heterocycles. The Morgan fingerprint density at radius 1 is 1.53 bits per heavy atom. The van der Waals surface area contributed by atoms with Crippen molar-refractivity contribution >= 4 is 0 Å². The van der Waals surface area contributed by atoms with E-state index >= 15 is 0 Å². The highest BCUT2D eigenvalue weighted by Gasteiger charge is 2.27. The molecule has 0 fully saturated rings. The first-order valence-corrected chi connectivity index (χ1v) is 5.16. The minimum Gasteiger partial charge on any atom is -0.371 e. The molecule has 0 saturated carbocycles. The third kappa shape index (κ3) is 2.76. The van der Waals surface area contributed by atoms with Gasteiger partial charge in [-0.1, -0.05) is 18.5 Å². The number of hydrogen-bond acceptors (Lipinski definition) is 5. The molecule has 15 heavy (non-hydrogen) atoms. The Morgan fingerprint density at radius 2 is 2.20 bits per heavy atom. The Morgan fingerprint density at radius 3 is 2.73 bits per heavy atom. The summed E-state index contributed by atoms with van der Waals surface area (Å²) < 4.78 is 10.4. The summed E-state index contributed by atoms with van der Waals surface area (Å²) in [7, 11) is 1.61. The van der Waals surface area contributed by atoms with Gasteiger partial charge in [0.2, 0.25) is 11.7 Å². The molecule has 1 rings (SSSR count). The lowest BCUT2D eigenvalue weighted by molar-refractivity contribution is 0.00973. The van der Waals surface area contributed by atoms with Gasteiger partial charge in [0, 0.05) is 7.11 Å². The molecule has 0 spiro atoms. The minimum absolute atomic E-state index is 0.177. The molecule has 0 aliphatic rings. The maximum atomic E-state index is 5.87. The van der Waals surface area contributed by atoms with Crippen molar-refractivity contribution in [3.63, 3.8) is 0 Å². The van der Waals surface area contributed by atoms with Crippen molar-refractivity contribution in [2.24, 2.45) is 5.73 Å².